The smallest absolute Gasteiger partial charge is 0.236 e. The van der Waals surface area contributed by atoms with Gasteiger partial charge in [0.25, 0.3) is 0 Å². The van der Waals surface area contributed by atoms with Crippen LogP contribution >= 0.6 is 11.8 Å². The van der Waals surface area contributed by atoms with E-state index in [-0.39, 0.29) is 5.88 Å². The molecule has 0 spiro atoms. The summed E-state index contributed by atoms with van der Waals surface area (Å²) in [5.74, 6) is 1.13. The molecule has 0 radical (unpaired) electrons. The summed E-state index contributed by atoms with van der Waals surface area (Å²) >= 11 is 1.68. The third-order valence-corrected chi connectivity index (χ3v) is 3.86. The lowest BCUT2D eigenvalue weighted by Gasteiger charge is -2.00. The zero-order chi connectivity index (χ0) is 13.0. The van der Waals surface area contributed by atoms with Gasteiger partial charge in [-0.25, -0.2) is 14.6 Å². The van der Waals surface area contributed by atoms with Crippen molar-refractivity contribution < 1.29 is 5.11 Å². The predicted molar refractivity (Wildman–Crippen MR) is 72.8 cm³/mol. The number of hydrogen-bond acceptors (Lipinski definition) is 5. The summed E-state index contributed by atoms with van der Waals surface area (Å²) in [5, 5.41) is 14.9. The summed E-state index contributed by atoms with van der Waals surface area (Å²) in [7, 11) is 1.70. The first-order valence-corrected chi connectivity index (χ1v) is 7.22. The molecule has 0 aromatic carbocycles. The monoisotopic (exact) mass is 266 g/mol. The van der Waals surface area contributed by atoms with Crippen LogP contribution in [-0.2, 0) is 7.05 Å². The van der Waals surface area contributed by atoms with Crippen LogP contribution in [0.4, 0.5) is 0 Å². The minimum absolute atomic E-state index is 0.0974. The molecule has 0 saturated carbocycles. The van der Waals surface area contributed by atoms with E-state index in [9.17, 15) is 5.11 Å². The molecule has 5 nitrogen and oxygen atoms in total. The molecule has 0 saturated heterocycles. The Morgan fingerprint density at radius 2 is 2.06 bits per heavy atom. The van der Waals surface area contributed by atoms with E-state index in [0.29, 0.717) is 11.0 Å². The second-order valence-corrected chi connectivity index (χ2v) is 5.32. The molecule has 0 aliphatic carbocycles. The van der Waals surface area contributed by atoms with Crippen LogP contribution in [0, 0.1) is 0 Å². The third-order valence-electron chi connectivity index (χ3n) is 2.79. The normalized spacial score (nSPS) is 11.2. The number of thioether (sulfide) groups is 1. The summed E-state index contributed by atoms with van der Waals surface area (Å²) in [4.78, 5) is 8.31. The fourth-order valence-electron chi connectivity index (χ4n) is 1.77. The van der Waals surface area contributed by atoms with Crippen molar-refractivity contribution in [1.29, 1.82) is 0 Å². The molecule has 0 aliphatic heterocycles. The summed E-state index contributed by atoms with van der Waals surface area (Å²) in [5.41, 5.74) is 1.22. The van der Waals surface area contributed by atoms with E-state index in [1.807, 2.05) is 0 Å². The number of nitrogens with zero attached hydrogens (tertiary/aromatic N) is 4. The number of fused-ring (bicyclic) bond motifs is 1. The van der Waals surface area contributed by atoms with Crippen molar-refractivity contribution in [3.63, 3.8) is 0 Å². The lowest BCUT2D eigenvalue weighted by atomic mass is 10.2. The molecule has 98 valence electrons. The van der Waals surface area contributed by atoms with Crippen LogP contribution in [0.25, 0.3) is 11.0 Å². The van der Waals surface area contributed by atoms with E-state index in [1.54, 1.807) is 18.8 Å². The largest absolute Gasteiger partial charge is 0.492 e. The molecule has 18 heavy (non-hydrogen) atoms. The van der Waals surface area contributed by atoms with Gasteiger partial charge in [0, 0.05) is 7.05 Å². The van der Waals surface area contributed by atoms with Gasteiger partial charge in [-0.2, -0.15) is 5.10 Å². The van der Waals surface area contributed by atoms with Crippen LogP contribution < -0.4 is 0 Å². The second kappa shape index (κ2) is 6.04. The molecule has 0 amide bonds. The Morgan fingerprint density at radius 3 is 2.83 bits per heavy atom. The predicted octanol–water partition coefficient (Wildman–Crippen LogP) is 2.74. The van der Waals surface area contributed by atoms with E-state index in [1.165, 1.54) is 36.7 Å². The molecule has 0 fully saturated rings. The molecule has 0 atom stereocenters. The Labute approximate surface area is 111 Å². The minimum Gasteiger partial charge on any atom is -0.492 e. The molecule has 0 unspecified atom stereocenters. The van der Waals surface area contributed by atoms with Crippen LogP contribution in [0.15, 0.2) is 11.4 Å². The highest BCUT2D eigenvalue weighted by Crippen LogP contribution is 2.28. The third kappa shape index (κ3) is 2.75. The standard InChI is InChI=1S/C12H18N4OS/c1-3-4-5-6-7-18-11-9-10(13-8-14-11)12(17)16(2)15-9/h8,17H,3-7H2,1-2H3. The van der Waals surface area contributed by atoms with Crippen molar-refractivity contribution in [2.75, 3.05) is 5.75 Å². The number of aromatic hydroxyl groups is 1. The minimum atomic E-state index is 0.0974. The average Bonchev–Trinajstić information content (AvgIpc) is 2.66. The fraction of sp³-hybridized carbons (Fsp3) is 0.583. The van der Waals surface area contributed by atoms with Crippen molar-refractivity contribution in [3.05, 3.63) is 6.33 Å². The van der Waals surface area contributed by atoms with Gasteiger partial charge in [0.15, 0.2) is 5.52 Å². The molecule has 2 rings (SSSR count). The van der Waals surface area contributed by atoms with E-state index < -0.39 is 0 Å². The van der Waals surface area contributed by atoms with Crippen LogP contribution in [0.3, 0.4) is 0 Å². The van der Waals surface area contributed by atoms with Crippen LogP contribution in [0.1, 0.15) is 32.6 Å². The van der Waals surface area contributed by atoms with Gasteiger partial charge in [0.05, 0.1) is 0 Å². The van der Waals surface area contributed by atoms with Gasteiger partial charge in [-0.05, 0) is 12.2 Å². The molecule has 2 heterocycles. The van der Waals surface area contributed by atoms with E-state index in [2.05, 4.69) is 22.0 Å². The van der Waals surface area contributed by atoms with Crippen molar-refractivity contribution >= 4 is 22.8 Å². The lowest BCUT2D eigenvalue weighted by molar-refractivity contribution is 0.423. The van der Waals surface area contributed by atoms with E-state index in [4.69, 9.17) is 0 Å². The topological polar surface area (TPSA) is 63.8 Å². The highest BCUT2D eigenvalue weighted by Gasteiger charge is 2.13. The van der Waals surface area contributed by atoms with Gasteiger partial charge in [0.2, 0.25) is 5.88 Å². The zero-order valence-electron chi connectivity index (χ0n) is 10.8. The highest BCUT2D eigenvalue weighted by atomic mass is 32.2. The van der Waals surface area contributed by atoms with Crippen LogP contribution in [0.2, 0.25) is 0 Å². The number of unbranched alkanes of at least 4 members (excludes halogenated alkanes) is 3. The molecule has 0 bridgehead atoms. The first kappa shape index (κ1) is 13.1. The number of rotatable bonds is 6. The number of aromatic nitrogens is 4. The maximum Gasteiger partial charge on any atom is 0.236 e. The van der Waals surface area contributed by atoms with Gasteiger partial charge >= 0.3 is 0 Å². The number of aryl methyl sites for hydroxylation is 1. The van der Waals surface area contributed by atoms with Gasteiger partial charge in [-0.3, -0.25) is 0 Å². The second-order valence-electron chi connectivity index (χ2n) is 4.23. The van der Waals surface area contributed by atoms with Crippen molar-refractivity contribution in [2.24, 2.45) is 7.05 Å². The van der Waals surface area contributed by atoms with Gasteiger partial charge in [-0.15, -0.1) is 11.8 Å². The Kier molecular flexibility index (Phi) is 4.41. The highest BCUT2D eigenvalue weighted by molar-refractivity contribution is 7.99. The molecule has 1 N–H and O–H groups in total. The Morgan fingerprint density at radius 1 is 1.22 bits per heavy atom. The maximum absolute atomic E-state index is 9.77. The van der Waals surface area contributed by atoms with Gasteiger partial charge in [-0.1, -0.05) is 26.2 Å². The van der Waals surface area contributed by atoms with Gasteiger partial charge in [0.1, 0.15) is 16.9 Å². The van der Waals surface area contributed by atoms with Gasteiger partial charge < -0.3 is 5.11 Å². The quantitative estimate of drug-likeness (QED) is 0.495. The van der Waals surface area contributed by atoms with Crippen LogP contribution in [-0.4, -0.2) is 30.6 Å². The summed E-state index contributed by atoms with van der Waals surface area (Å²) in [6, 6.07) is 0. The molecule has 6 heteroatoms. The molecular formula is C12H18N4OS. The molecule has 2 aromatic rings. The van der Waals surface area contributed by atoms with E-state index >= 15 is 0 Å². The summed E-state index contributed by atoms with van der Waals surface area (Å²) in [6.45, 7) is 2.21. The fourth-order valence-corrected chi connectivity index (χ4v) is 2.71. The molecular weight excluding hydrogens is 248 g/mol. The first-order valence-electron chi connectivity index (χ1n) is 6.23. The van der Waals surface area contributed by atoms with Crippen molar-refractivity contribution in [3.8, 4) is 5.88 Å². The number of hydrogen-bond donors (Lipinski definition) is 1. The zero-order valence-corrected chi connectivity index (χ0v) is 11.6. The Balaban J connectivity index is 2.06. The van der Waals surface area contributed by atoms with E-state index in [0.717, 1.165) is 10.8 Å². The summed E-state index contributed by atoms with van der Waals surface area (Å²) < 4.78 is 1.43. The Hall–Kier alpha value is -1.30. The van der Waals surface area contributed by atoms with Crippen LogP contribution in [0.5, 0.6) is 5.88 Å². The van der Waals surface area contributed by atoms with Crippen molar-refractivity contribution in [2.45, 2.75) is 37.6 Å². The molecule has 2 aromatic heterocycles. The average molecular weight is 266 g/mol. The lowest BCUT2D eigenvalue weighted by Crippen LogP contribution is -1.89. The van der Waals surface area contributed by atoms with Crippen molar-refractivity contribution in [1.82, 2.24) is 19.7 Å². The molecule has 0 aliphatic rings. The Bertz CT molecular complexity index is 526. The first-order chi connectivity index (χ1) is 8.74. The summed E-state index contributed by atoms with van der Waals surface area (Å²) in [6.07, 6.45) is 6.45. The SMILES string of the molecule is CCCCCCSc1ncnc2c(O)n(C)nc12. The maximum atomic E-state index is 9.77.